The first-order valence-corrected chi connectivity index (χ1v) is 15.8. The van der Waals surface area contributed by atoms with E-state index in [0.717, 1.165) is 27.7 Å². The van der Waals surface area contributed by atoms with Gasteiger partial charge in [0.1, 0.15) is 18.6 Å². The fourth-order valence-electron chi connectivity index (χ4n) is 6.66. The van der Waals surface area contributed by atoms with Gasteiger partial charge in [-0.05, 0) is 37.4 Å². The number of nitrogens with zero attached hydrogens (tertiary/aromatic N) is 7. The molecule has 2 fully saturated rings. The third kappa shape index (κ3) is 6.09. The van der Waals surface area contributed by atoms with Crippen molar-refractivity contribution in [1.29, 1.82) is 5.26 Å². The Kier molecular flexibility index (Phi) is 8.69. The van der Waals surface area contributed by atoms with Crippen LogP contribution in [0.4, 0.5) is 20.3 Å². The van der Waals surface area contributed by atoms with E-state index < -0.39 is 23.1 Å². The van der Waals surface area contributed by atoms with E-state index in [9.17, 15) is 18.8 Å². The van der Waals surface area contributed by atoms with Crippen LogP contribution < -0.4 is 14.5 Å². The Morgan fingerprint density at radius 3 is 2.71 bits per heavy atom. The van der Waals surface area contributed by atoms with Crippen molar-refractivity contribution in [2.24, 2.45) is 0 Å². The van der Waals surface area contributed by atoms with Gasteiger partial charge in [0.25, 0.3) is 5.91 Å². The van der Waals surface area contributed by atoms with Gasteiger partial charge < -0.3 is 19.4 Å². The van der Waals surface area contributed by atoms with Gasteiger partial charge in [-0.2, -0.15) is 15.2 Å². The normalized spacial score (nSPS) is 23.6. The number of likely N-dealkylation sites (N-methyl/N-ethyl adjacent to an activating group) is 1. The highest BCUT2D eigenvalue weighted by Gasteiger charge is 2.43. The molecule has 3 atom stereocenters. The third-order valence-corrected chi connectivity index (χ3v) is 9.87. The predicted octanol–water partition coefficient (Wildman–Crippen LogP) is 4.18. The van der Waals surface area contributed by atoms with Crippen LogP contribution in [0.5, 0.6) is 6.01 Å². The van der Waals surface area contributed by atoms with Crippen molar-refractivity contribution in [2.45, 2.75) is 43.2 Å². The maximum atomic E-state index is 14.1. The van der Waals surface area contributed by atoms with E-state index in [2.05, 4.69) is 33.9 Å². The Labute approximate surface area is 269 Å². The number of carbonyl (C=O) groups is 1. The van der Waals surface area contributed by atoms with E-state index in [1.165, 1.54) is 4.90 Å². The smallest absolute Gasteiger partial charge is 0.318 e. The summed E-state index contributed by atoms with van der Waals surface area (Å²) in [6.07, 6.45) is 0.00822. The average molecular weight is 649 g/mol. The molecule has 0 saturated carbocycles. The van der Waals surface area contributed by atoms with Gasteiger partial charge in [0.15, 0.2) is 5.83 Å². The number of nitriles is 1. The summed E-state index contributed by atoms with van der Waals surface area (Å²) in [6, 6.07) is 14.1. The first-order valence-electron chi connectivity index (χ1n) is 14.9. The highest BCUT2D eigenvalue weighted by Crippen LogP contribution is 2.38. The molecule has 0 unspecified atom stereocenters. The molecule has 2 saturated heterocycles. The summed E-state index contributed by atoms with van der Waals surface area (Å²) in [5.74, 6) is -1.30. The molecule has 45 heavy (non-hydrogen) atoms. The molecule has 6 rings (SSSR count). The van der Waals surface area contributed by atoms with Crippen molar-refractivity contribution in [2.75, 3.05) is 56.2 Å². The molecule has 3 aliphatic heterocycles. The number of benzene rings is 2. The summed E-state index contributed by atoms with van der Waals surface area (Å²) in [7, 11) is 5.54. The Balaban J connectivity index is 1.36. The second-order valence-electron chi connectivity index (χ2n) is 11.9. The molecule has 1 amide bonds. The number of ether oxygens (including phenoxy) is 1. The highest BCUT2D eigenvalue weighted by atomic mass is 35.5. The largest absolute Gasteiger partial charge is 0.462 e. The minimum atomic E-state index is -1.17. The van der Waals surface area contributed by atoms with Gasteiger partial charge in [-0.15, -0.1) is 0 Å². The van der Waals surface area contributed by atoms with Gasteiger partial charge in [-0.3, -0.25) is 9.69 Å². The van der Waals surface area contributed by atoms with Crippen molar-refractivity contribution in [1.82, 2.24) is 19.8 Å². The van der Waals surface area contributed by atoms with E-state index >= 15 is 0 Å². The lowest BCUT2D eigenvalue weighted by atomic mass is 10.0. The zero-order chi connectivity index (χ0) is 31.9. The SMILES string of the molecule is C=C(F)C(=O)N1CCN(c2nc(OC[C@@H]3C[C@@H](F)CN3C)nc3c2CCN(c2cccc4cccc(Cl)c24)C3)C[C@@]1([Si])CC#N. The number of anilines is 2. The quantitative estimate of drug-likeness (QED) is 0.279. The van der Waals surface area contributed by atoms with E-state index in [4.69, 9.17) is 26.3 Å². The number of piperazine rings is 1. The van der Waals surface area contributed by atoms with Crippen LogP contribution in [0.1, 0.15) is 24.1 Å². The fourth-order valence-corrected chi connectivity index (χ4v) is 7.42. The van der Waals surface area contributed by atoms with Crippen LogP contribution in [0.15, 0.2) is 48.8 Å². The number of fused-ring (bicyclic) bond motifs is 2. The molecular weight excluding hydrogens is 616 g/mol. The van der Waals surface area contributed by atoms with E-state index in [-0.39, 0.29) is 38.2 Å². The number of hydrogen-bond acceptors (Lipinski definition) is 8. The first kappa shape index (κ1) is 31.2. The number of alkyl halides is 1. The lowest BCUT2D eigenvalue weighted by Crippen LogP contribution is -2.65. The van der Waals surface area contributed by atoms with Crippen LogP contribution in [-0.2, 0) is 17.8 Å². The monoisotopic (exact) mass is 648 g/mol. The standard InChI is InChI=1S/C32H33ClF2N7O2Si/c1-20(34)30(43)42-14-13-41(19-32(42,45)10-11-36)29-24-9-12-40(27-8-4-6-21-5-3-7-25(33)28(21)27)17-26(24)37-31(38-29)44-18-23-15-22(35)16-39(23)2/h3-8,22-23H,1,9-10,12-19H2,2H3/t22-,23+,32+/m1/s1. The molecule has 13 heteroatoms. The molecule has 3 radical (unpaired) electrons. The molecule has 0 spiro atoms. The number of amides is 1. The maximum absolute atomic E-state index is 14.1. The molecule has 233 valence electrons. The Morgan fingerprint density at radius 1 is 1.22 bits per heavy atom. The second-order valence-corrected chi connectivity index (χ2v) is 13.3. The van der Waals surface area contributed by atoms with Crippen LogP contribution in [0, 0.1) is 11.3 Å². The third-order valence-electron chi connectivity index (χ3n) is 8.95. The Bertz CT molecular complexity index is 1680. The van der Waals surface area contributed by atoms with Crippen molar-refractivity contribution in [3.8, 4) is 12.1 Å². The molecule has 0 bridgehead atoms. The van der Waals surface area contributed by atoms with Crippen LogP contribution in [0.25, 0.3) is 10.8 Å². The van der Waals surface area contributed by atoms with Gasteiger partial charge in [0.05, 0.1) is 45.2 Å². The van der Waals surface area contributed by atoms with Gasteiger partial charge in [0, 0.05) is 55.4 Å². The Hall–Kier alpha value is -3.79. The fraction of sp³-hybridized carbons (Fsp3) is 0.438. The minimum absolute atomic E-state index is 0.0793. The van der Waals surface area contributed by atoms with Crippen molar-refractivity contribution < 1.29 is 18.3 Å². The summed E-state index contributed by atoms with van der Waals surface area (Å²) >= 11 is 6.67. The van der Waals surface area contributed by atoms with Gasteiger partial charge in [0.2, 0.25) is 0 Å². The van der Waals surface area contributed by atoms with Crippen LogP contribution in [-0.4, -0.2) is 99.7 Å². The highest BCUT2D eigenvalue weighted by molar-refractivity contribution is 6.36. The summed E-state index contributed by atoms with van der Waals surface area (Å²) in [5.41, 5.74) is 2.72. The number of likely N-dealkylation sites (tertiary alicyclic amines) is 1. The zero-order valence-electron chi connectivity index (χ0n) is 25.0. The number of carbonyl (C=O) groups excluding carboxylic acids is 1. The van der Waals surface area contributed by atoms with Crippen molar-refractivity contribution >= 4 is 50.0 Å². The van der Waals surface area contributed by atoms with Gasteiger partial charge >= 0.3 is 6.01 Å². The Morgan fingerprint density at radius 2 is 2.00 bits per heavy atom. The lowest BCUT2D eigenvalue weighted by Gasteiger charge is -2.48. The first-order chi connectivity index (χ1) is 21.6. The molecule has 0 N–H and O–H groups in total. The molecule has 2 aromatic carbocycles. The molecule has 3 aliphatic rings. The van der Waals surface area contributed by atoms with Crippen LogP contribution in [0.3, 0.4) is 0 Å². The molecule has 1 aromatic heterocycles. The van der Waals surface area contributed by atoms with E-state index in [0.29, 0.717) is 49.9 Å². The van der Waals surface area contributed by atoms with E-state index in [1.807, 2.05) is 47.2 Å². The molecular formula is C32H33ClF2N7O2Si. The predicted molar refractivity (Wildman–Crippen MR) is 170 cm³/mol. The second kappa shape index (κ2) is 12.5. The lowest BCUT2D eigenvalue weighted by molar-refractivity contribution is -0.132. The van der Waals surface area contributed by atoms with Crippen LogP contribution in [0.2, 0.25) is 5.02 Å². The summed E-state index contributed by atoms with van der Waals surface area (Å²) in [4.78, 5) is 29.8. The number of rotatable bonds is 7. The number of hydrogen-bond donors (Lipinski definition) is 0. The maximum Gasteiger partial charge on any atom is 0.318 e. The number of halogens is 3. The van der Waals surface area contributed by atoms with Crippen LogP contribution >= 0.6 is 11.6 Å². The van der Waals surface area contributed by atoms with Crippen molar-refractivity contribution in [3.63, 3.8) is 0 Å². The molecule has 0 aliphatic carbocycles. The summed E-state index contributed by atoms with van der Waals surface area (Å²) in [5, 5.41) is 11.1. The molecule has 9 nitrogen and oxygen atoms in total. The van der Waals surface area contributed by atoms with Crippen molar-refractivity contribution in [3.05, 3.63) is 65.1 Å². The zero-order valence-corrected chi connectivity index (χ0v) is 26.7. The average Bonchev–Trinajstić information content (AvgIpc) is 3.34. The topological polar surface area (TPSA) is 88.8 Å². The van der Waals surface area contributed by atoms with Gasteiger partial charge in [-0.25, -0.2) is 8.78 Å². The molecule has 4 heterocycles. The summed E-state index contributed by atoms with van der Waals surface area (Å²) in [6.45, 7) is 5.57. The van der Waals surface area contributed by atoms with Gasteiger partial charge in [-0.1, -0.05) is 42.4 Å². The molecule has 3 aromatic rings. The number of aromatic nitrogens is 2. The summed E-state index contributed by atoms with van der Waals surface area (Å²) < 4.78 is 34.1. The van der Waals surface area contributed by atoms with E-state index in [1.54, 1.807) is 0 Å². The minimum Gasteiger partial charge on any atom is -0.462 e.